The molecule has 298 valence electrons. The second kappa shape index (κ2) is 13.0. The lowest BCUT2D eigenvalue weighted by atomic mass is 9.81. The molecule has 13 aromatic rings. The van der Waals surface area contributed by atoms with Gasteiger partial charge in [0.1, 0.15) is 11.2 Å². The number of furan rings is 1. The van der Waals surface area contributed by atoms with Gasteiger partial charge in [-0.15, -0.1) is 0 Å². The molecule has 0 aliphatic heterocycles. The van der Waals surface area contributed by atoms with Gasteiger partial charge in [0, 0.05) is 16.2 Å². The van der Waals surface area contributed by atoms with Crippen molar-refractivity contribution in [2.75, 3.05) is 0 Å². The highest BCUT2D eigenvalue weighted by Crippen LogP contribution is 2.52. The van der Waals surface area contributed by atoms with Gasteiger partial charge in [0.15, 0.2) is 0 Å². The Morgan fingerprint density at radius 1 is 0.297 bits per heavy atom. The van der Waals surface area contributed by atoms with E-state index >= 15 is 0 Å². The summed E-state index contributed by atoms with van der Waals surface area (Å²) in [6, 6.07) is 76.8. The van der Waals surface area contributed by atoms with Crippen LogP contribution in [-0.4, -0.2) is 0 Å². The van der Waals surface area contributed by atoms with Crippen molar-refractivity contribution in [3.05, 3.63) is 217 Å². The fourth-order valence-electron chi connectivity index (χ4n) is 11.5. The van der Waals surface area contributed by atoms with Gasteiger partial charge in [-0.3, -0.25) is 0 Å². The van der Waals surface area contributed by atoms with E-state index in [2.05, 4.69) is 220 Å². The minimum Gasteiger partial charge on any atom is -0.456 e. The monoisotopic (exact) mass is 812 g/mol. The van der Waals surface area contributed by atoms with E-state index < -0.39 is 0 Å². The Morgan fingerprint density at radius 3 is 1.48 bits per heavy atom. The Morgan fingerprint density at radius 2 is 0.781 bits per heavy atom. The SMILES string of the molecule is CC1(C)c2ccc(-c3ccc4oc5ccc(-c6c7ccccc7c(-c7cc8ccc9ccccc9c8c8ccccc78)c7ccccc67)cc5c4c3)cc2-c2cc3ccccc3cc21. The molecule has 0 radical (unpaired) electrons. The van der Waals surface area contributed by atoms with Crippen LogP contribution in [0.4, 0.5) is 0 Å². The van der Waals surface area contributed by atoms with Gasteiger partial charge < -0.3 is 4.42 Å². The summed E-state index contributed by atoms with van der Waals surface area (Å²) in [6.45, 7) is 4.72. The van der Waals surface area contributed by atoms with Gasteiger partial charge in [-0.05, 0) is 169 Å². The summed E-state index contributed by atoms with van der Waals surface area (Å²) in [5.41, 5.74) is 14.5. The van der Waals surface area contributed by atoms with Crippen LogP contribution in [0.5, 0.6) is 0 Å². The van der Waals surface area contributed by atoms with Crippen LogP contribution >= 0.6 is 0 Å². The predicted octanol–water partition coefficient (Wildman–Crippen LogP) is 17.8. The second-order valence-electron chi connectivity index (χ2n) is 18.3. The van der Waals surface area contributed by atoms with E-state index in [0.717, 1.165) is 21.9 Å². The molecule has 0 spiro atoms. The van der Waals surface area contributed by atoms with E-state index in [9.17, 15) is 0 Å². The van der Waals surface area contributed by atoms with Crippen LogP contribution in [-0.2, 0) is 5.41 Å². The van der Waals surface area contributed by atoms with Crippen molar-refractivity contribution in [3.8, 4) is 44.5 Å². The van der Waals surface area contributed by atoms with E-state index in [0.29, 0.717) is 0 Å². The van der Waals surface area contributed by atoms with Crippen molar-refractivity contribution < 1.29 is 4.42 Å². The lowest BCUT2D eigenvalue weighted by Crippen LogP contribution is -2.14. The first kappa shape index (κ1) is 35.6. The van der Waals surface area contributed by atoms with Crippen molar-refractivity contribution in [1.82, 2.24) is 0 Å². The number of rotatable bonds is 3. The molecule has 0 amide bonds. The molecule has 64 heavy (non-hydrogen) atoms. The normalized spacial score (nSPS) is 13.3. The molecule has 1 heterocycles. The summed E-state index contributed by atoms with van der Waals surface area (Å²) in [4.78, 5) is 0. The third-order valence-electron chi connectivity index (χ3n) is 14.6. The van der Waals surface area contributed by atoms with Crippen molar-refractivity contribution in [3.63, 3.8) is 0 Å². The molecule has 0 bridgehead atoms. The first-order chi connectivity index (χ1) is 31.5. The number of hydrogen-bond acceptors (Lipinski definition) is 1. The van der Waals surface area contributed by atoms with Gasteiger partial charge in [-0.2, -0.15) is 0 Å². The van der Waals surface area contributed by atoms with Crippen LogP contribution in [0.25, 0.3) is 131 Å². The maximum Gasteiger partial charge on any atom is 0.135 e. The number of fused-ring (bicyclic) bond motifs is 14. The molecular formula is C63H40O. The number of benzene rings is 12. The smallest absolute Gasteiger partial charge is 0.135 e. The molecule has 1 nitrogen and oxygen atoms in total. The van der Waals surface area contributed by atoms with Crippen LogP contribution in [0.1, 0.15) is 25.0 Å². The fourth-order valence-corrected chi connectivity index (χ4v) is 11.5. The predicted molar refractivity (Wildman–Crippen MR) is 273 cm³/mol. The summed E-state index contributed by atoms with van der Waals surface area (Å²) in [7, 11) is 0. The molecule has 0 N–H and O–H groups in total. The average Bonchev–Trinajstić information content (AvgIpc) is 3.81. The third kappa shape index (κ3) is 4.95. The van der Waals surface area contributed by atoms with E-state index in [1.165, 1.54) is 120 Å². The molecular weight excluding hydrogens is 773 g/mol. The fraction of sp³-hybridized carbons (Fsp3) is 0.0476. The van der Waals surface area contributed by atoms with E-state index in [-0.39, 0.29) is 5.41 Å². The Hall–Kier alpha value is -8.00. The first-order valence-electron chi connectivity index (χ1n) is 22.4. The third-order valence-corrected chi connectivity index (χ3v) is 14.6. The summed E-state index contributed by atoms with van der Waals surface area (Å²) in [5, 5.41) is 17.5. The zero-order valence-electron chi connectivity index (χ0n) is 35.5. The van der Waals surface area contributed by atoms with Crippen LogP contribution < -0.4 is 0 Å². The summed E-state index contributed by atoms with van der Waals surface area (Å²) >= 11 is 0. The van der Waals surface area contributed by atoms with Gasteiger partial charge in [0.25, 0.3) is 0 Å². The van der Waals surface area contributed by atoms with E-state index in [1.54, 1.807) is 0 Å². The number of hydrogen-bond donors (Lipinski definition) is 0. The Kier molecular flexibility index (Phi) is 7.24. The van der Waals surface area contributed by atoms with E-state index in [1.807, 2.05) is 0 Å². The molecule has 0 fully saturated rings. The Labute approximate surface area is 370 Å². The van der Waals surface area contributed by atoms with Gasteiger partial charge >= 0.3 is 0 Å². The highest BCUT2D eigenvalue weighted by Gasteiger charge is 2.36. The standard InChI is InChI=1S/C63H40O/c1-63(2)56-28-25-40(32-51(56)52-31-38-14-3-4-15-39(38)36-57(52)63)41-26-29-58-53(33-41)54-34-43(27-30-59(54)64-58)61-47-19-9-11-21-49(47)62(50-22-12-10-20-48(50)61)55-35-42-24-23-37-13-5-6-16-44(37)60(42)46-18-8-7-17-45(46)55/h3-36H,1-2H3. The maximum absolute atomic E-state index is 6.58. The minimum atomic E-state index is -0.0700. The second-order valence-corrected chi connectivity index (χ2v) is 18.3. The molecule has 0 atom stereocenters. The maximum atomic E-state index is 6.58. The summed E-state index contributed by atoms with van der Waals surface area (Å²) in [6.07, 6.45) is 0. The van der Waals surface area contributed by atoms with Crippen LogP contribution in [0, 0.1) is 0 Å². The van der Waals surface area contributed by atoms with E-state index in [4.69, 9.17) is 4.42 Å². The van der Waals surface area contributed by atoms with Crippen LogP contribution in [0.2, 0.25) is 0 Å². The summed E-state index contributed by atoms with van der Waals surface area (Å²) < 4.78 is 6.58. The van der Waals surface area contributed by atoms with Gasteiger partial charge in [0.05, 0.1) is 0 Å². The Bertz CT molecular complexity index is 4100. The largest absolute Gasteiger partial charge is 0.456 e. The first-order valence-corrected chi connectivity index (χ1v) is 22.4. The van der Waals surface area contributed by atoms with Gasteiger partial charge in [0.2, 0.25) is 0 Å². The van der Waals surface area contributed by atoms with Crippen LogP contribution in [0.3, 0.4) is 0 Å². The lowest BCUT2D eigenvalue weighted by Gasteiger charge is -2.22. The zero-order chi connectivity index (χ0) is 42.3. The topological polar surface area (TPSA) is 13.1 Å². The van der Waals surface area contributed by atoms with Crippen molar-refractivity contribution in [1.29, 1.82) is 0 Å². The van der Waals surface area contributed by atoms with Gasteiger partial charge in [-0.25, -0.2) is 0 Å². The Balaban J connectivity index is 0.957. The van der Waals surface area contributed by atoms with Crippen LogP contribution in [0.15, 0.2) is 211 Å². The molecule has 0 unspecified atom stereocenters. The molecule has 1 aromatic heterocycles. The van der Waals surface area contributed by atoms with Crippen molar-refractivity contribution >= 4 is 86.6 Å². The highest BCUT2D eigenvalue weighted by atomic mass is 16.3. The van der Waals surface area contributed by atoms with Crippen molar-refractivity contribution in [2.24, 2.45) is 0 Å². The molecule has 1 aliphatic rings. The molecule has 14 rings (SSSR count). The van der Waals surface area contributed by atoms with Crippen molar-refractivity contribution in [2.45, 2.75) is 19.3 Å². The molecule has 12 aromatic carbocycles. The lowest BCUT2D eigenvalue weighted by molar-refractivity contribution is 0.661. The van der Waals surface area contributed by atoms with Gasteiger partial charge in [-0.1, -0.05) is 172 Å². The summed E-state index contributed by atoms with van der Waals surface area (Å²) in [5.74, 6) is 0. The average molecular weight is 813 g/mol. The molecule has 1 aliphatic carbocycles. The quantitative estimate of drug-likeness (QED) is 0.128. The molecule has 1 heteroatoms. The molecule has 0 saturated heterocycles. The zero-order valence-corrected chi connectivity index (χ0v) is 35.5. The minimum absolute atomic E-state index is 0.0700. The highest BCUT2D eigenvalue weighted by molar-refractivity contribution is 6.28. The molecule has 0 saturated carbocycles.